The summed E-state index contributed by atoms with van der Waals surface area (Å²) >= 11 is 0. The number of carbonyl (C=O) groups is 1. The minimum atomic E-state index is -0.334. The van der Waals surface area contributed by atoms with Crippen LogP contribution in [0.4, 0.5) is 0 Å². The highest BCUT2D eigenvalue weighted by molar-refractivity contribution is 5.76. The largest absolute Gasteiger partial charge is 0.345 e. The van der Waals surface area contributed by atoms with Gasteiger partial charge in [-0.15, -0.1) is 0 Å². The molecular formula is C15H20N6O2. The third-order valence-corrected chi connectivity index (χ3v) is 4.16. The van der Waals surface area contributed by atoms with Crippen LogP contribution >= 0.6 is 0 Å². The van der Waals surface area contributed by atoms with Crippen LogP contribution in [-0.4, -0.2) is 48.6 Å². The first kappa shape index (κ1) is 15.4. The van der Waals surface area contributed by atoms with Crippen molar-refractivity contribution in [3.05, 3.63) is 41.1 Å². The van der Waals surface area contributed by atoms with Crippen LogP contribution in [0.3, 0.4) is 0 Å². The van der Waals surface area contributed by atoms with Crippen molar-refractivity contribution in [2.45, 2.75) is 38.1 Å². The lowest BCUT2D eigenvalue weighted by Gasteiger charge is -2.32. The van der Waals surface area contributed by atoms with E-state index in [9.17, 15) is 9.59 Å². The van der Waals surface area contributed by atoms with E-state index in [1.165, 1.54) is 12.5 Å². The van der Waals surface area contributed by atoms with Crippen molar-refractivity contribution in [2.75, 3.05) is 13.1 Å². The van der Waals surface area contributed by atoms with Gasteiger partial charge in [0.1, 0.15) is 12.7 Å². The number of rotatable bonds is 5. The molecule has 2 aromatic rings. The molecule has 3 heterocycles. The zero-order chi connectivity index (χ0) is 16.1. The molecule has 0 aliphatic carbocycles. The maximum absolute atomic E-state index is 12.4. The van der Waals surface area contributed by atoms with Gasteiger partial charge in [0.05, 0.1) is 0 Å². The molecule has 0 unspecified atom stereocenters. The number of piperidine rings is 1. The summed E-state index contributed by atoms with van der Waals surface area (Å²) in [6.07, 6.45) is 7.84. The normalized spacial score (nSPS) is 18.1. The Balaban J connectivity index is 1.53. The van der Waals surface area contributed by atoms with Gasteiger partial charge in [-0.05, 0) is 25.3 Å². The molecule has 122 valence electrons. The number of H-pyrrole nitrogens is 1. The number of amides is 1. The highest BCUT2D eigenvalue weighted by atomic mass is 16.2. The van der Waals surface area contributed by atoms with Crippen LogP contribution < -0.4 is 5.69 Å². The number of nitrogens with one attached hydrogen (secondary N) is 1. The standard InChI is InChI=1S/C15H20N6O2/c22-14(4-2-8-21-11-16-10-18-21)20-7-1-3-12(9-20)13-5-6-17-15(23)19-13/h5-6,10-12H,1-4,7-9H2,(H,17,19,23)/t12-/m0/s1. The van der Waals surface area contributed by atoms with Crippen molar-refractivity contribution in [3.63, 3.8) is 0 Å². The molecule has 0 saturated carbocycles. The molecule has 0 aromatic carbocycles. The Labute approximate surface area is 133 Å². The number of aromatic nitrogens is 5. The fraction of sp³-hybridized carbons (Fsp3) is 0.533. The molecule has 1 atom stereocenters. The van der Waals surface area contributed by atoms with Gasteiger partial charge in [0.2, 0.25) is 5.91 Å². The Morgan fingerprint density at radius 1 is 1.43 bits per heavy atom. The lowest BCUT2D eigenvalue weighted by molar-refractivity contribution is -0.132. The molecule has 1 N–H and O–H groups in total. The Hall–Kier alpha value is -2.51. The van der Waals surface area contributed by atoms with Crippen molar-refractivity contribution < 1.29 is 4.79 Å². The summed E-state index contributed by atoms with van der Waals surface area (Å²) < 4.78 is 1.73. The van der Waals surface area contributed by atoms with Gasteiger partial charge in [-0.1, -0.05) is 0 Å². The summed E-state index contributed by atoms with van der Waals surface area (Å²) in [6.45, 7) is 2.14. The monoisotopic (exact) mass is 316 g/mol. The number of hydrogen-bond acceptors (Lipinski definition) is 5. The van der Waals surface area contributed by atoms with Crippen LogP contribution in [0.1, 0.15) is 37.3 Å². The average molecular weight is 316 g/mol. The van der Waals surface area contributed by atoms with Gasteiger partial charge in [0.25, 0.3) is 0 Å². The topological polar surface area (TPSA) is 96.8 Å². The molecule has 23 heavy (non-hydrogen) atoms. The summed E-state index contributed by atoms with van der Waals surface area (Å²) in [7, 11) is 0. The molecule has 8 nitrogen and oxygen atoms in total. The fourth-order valence-electron chi connectivity index (χ4n) is 2.98. The Morgan fingerprint density at radius 3 is 3.13 bits per heavy atom. The molecule has 8 heteroatoms. The fourth-order valence-corrected chi connectivity index (χ4v) is 2.98. The molecule has 0 radical (unpaired) electrons. The zero-order valence-corrected chi connectivity index (χ0v) is 12.9. The number of carbonyl (C=O) groups excluding carboxylic acids is 1. The van der Waals surface area contributed by atoms with E-state index < -0.39 is 0 Å². The van der Waals surface area contributed by atoms with Crippen LogP contribution in [0, 0.1) is 0 Å². The molecule has 1 aliphatic rings. The maximum atomic E-state index is 12.4. The Bertz CT molecular complexity index is 696. The van der Waals surface area contributed by atoms with Crippen molar-refractivity contribution in [1.82, 2.24) is 29.6 Å². The van der Waals surface area contributed by atoms with Crippen molar-refractivity contribution in [1.29, 1.82) is 0 Å². The highest BCUT2D eigenvalue weighted by Crippen LogP contribution is 2.25. The van der Waals surface area contributed by atoms with E-state index >= 15 is 0 Å². The first-order valence-electron chi connectivity index (χ1n) is 7.88. The van der Waals surface area contributed by atoms with Crippen LogP contribution in [0.5, 0.6) is 0 Å². The molecule has 1 amide bonds. The van der Waals surface area contributed by atoms with Gasteiger partial charge in [0, 0.05) is 43.9 Å². The van der Waals surface area contributed by atoms with E-state index in [1.54, 1.807) is 11.0 Å². The SMILES string of the molecule is O=C(CCCn1cncn1)N1CCC[C@H](c2ccnc(=O)[nH]2)C1. The highest BCUT2D eigenvalue weighted by Gasteiger charge is 2.25. The number of aryl methyl sites for hydroxylation is 1. The van der Waals surface area contributed by atoms with Crippen LogP contribution in [0.25, 0.3) is 0 Å². The predicted octanol–water partition coefficient (Wildman–Crippen LogP) is 0.548. The van der Waals surface area contributed by atoms with Crippen LogP contribution in [0.15, 0.2) is 29.7 Å². The predicted molar refractivity (Wildman–Crippen MR) is 82.7 cm³/mol. The molecule has 3 rings (SSSR count). The lowest BCUT2D eigenvalue weighted by Crippen LogP contribution is -2.39. The summed E-state index contributed by atoms with van der Waals surface area (Å²) in [5.74, 6) is 0.338. The van der Waals surface area contributed by atoms with Crippen molar-refractivity contribution >= 4 is 5.91 Å². The second-order valence-corrected chi connectivity index (χ2v) is 5.77. The minimum absolute atomic E-state index is 0.159. The number of nitrogens with zero attached hydrogens (tertiary/aromatic N) is 5. The molecule has 1 fully saturated rings. The van der Waals surface area contributed by atoms with E-state index in [0.717, 1.165) is 31.5 Å². The molecule has 0 bridgehead atoms. The summed E-state index contributed by atoms with van der Waals surface area (Å²) in [5.41, 5.74) is 0.531. The third kappa shape index (κ3) is 4.02. The summed E-state index contributed by atoms with van der Waals surface area (Å²) in [4.78, 5) is 35.9. The first-order valence-corrected chi connectivity index (χ1v) is 7.88. The first-order chi connectivity index (χ1) is 11.2. The van der Waals surface area contributed by atoms with Gasteiger partial charge in [-0.25, -0.2) is 14.8 Å². The number of aromatic amines is 1. The number of hydrogen-bond donors (Lipinski definition) is 1. The van der Waals surface area contributed by atoms with E-state index in [-0.39, 0.29) is 17.5 Å². The zero-order valence-electron chi connectivity index (χ0n) is 12.9. The molecule has 0 spiro atoms. The van der Waals surface area contributed by atoms with Gasteiger partial charge in [0.15, 0.2) is 0 Å². The molecule has 1 aliphatic heterocycles. The minimum Gasteiger partial charge on any atom is -0.342 e. The van der Waals surface area contributed by atoms with Crippen molar-refractivity contribution in [3.8, 4) is 0 Å². The Kier molecular flexibility index (Phi) is 4.80. The summed E-state index contributed by atoms with van der Waals surface area (Å²) in [6, 6.07) is 1.82. The molecular weight excluding hydrogens is 296 g/mol. The lowest BCUT2D eigenvalue weighted by atomic mass is 9.94. The summed E-state index contributed by atoms with van der Waals surface area (Å²) in [5, 5.41) is 4.03. The van der Waals surface area contributed by atoms with Gasteiger partial charge >= 0.3 is 5.69 Å². The van der Waals surface area contributed by atoms with E-state index in [4.69, 9.17) is 0 Å². The second kappa shape index (κ2) is 7.17. The maximum Gasteiger partial charge on any atom is 0.345 e. The van der Waals surface area contributed by atoms with Crippen LogP contribution in [-0.2, 0) is 11.3 Å². The average Bonchev–Trinajstić information content (AvgIpc) is 3.08. The second-order valence-electron chi connectivity index (χ2n) is 5.77. The number of likely N-dealkylation sites (tertiary alicyclic amines) is 1. The van der Waals surface area contributed by atoms with E-state index in [1.807, 2.05) is 11.0 Å². The van der Waals surface area contributed by atoms with E-state index in [0.29, 0.717) is 19.5 Å². The van der Waals surface area contributed by atoms with Gasteiger partial charge in [-0.2, -0.15) is 5.10 Å². The van der Waals surface area contributed by atoms with Gasteiger partial charge < -0.3 is 9.88 Å². The molecule has 1 saturated heterocycles. The quantitative estimate of drug-likeness (QED) is 0.869. The van der Waals surface area contributed by atoms with Gasteiger partial charge in [-0.3, -0.25) is 9.48 Å². The smallest absolute Gasteiger partial charge is 0.342 e. The van der Waals surface area contributed by atoms with Crippen molar-refractivity contribution in [2.24, 2.45) is 0 Å². The Morgan fingerprint density at radius 2 is 2.35 bits per heavy atom. The van der Waals surface area contributed by atoms with E-state index in [2.05, 4.69) is 20.1 Å². The third-order valence-electron chi connectivity index (χ3n) is 4.16. The molecule has 2 aromatic heterocycles. The van der Waals surface area contributed by atoms with Crippen LogP contribution in [0.2, 0.25) is 0 Å².